The molecular formula is C27H32N6O. The molecule has 2 aliphatic rings. The van der Waals surface area contributed by atoms with E-state index in [-0.39, 0.29) is 11.8 Å². The van der Waals surface area contributed by atoms with Crippen molar-refractivity contribution in [2.24, 2.45) is 5.92 Å². The molecule has 34 heavy (non-hydrogen) atoms. The van der Waals surface area contributed by atoms with Gasteiger partial charge in [-0.3, -0.25) is 4.79 Å². The molecule has 1 aromatic carbocycles. The van der Waals surface area contributed by atoms with E-state index in [2.05, 4.69) is 89.1 Å². The fraction of sp³-hybridized carbons (Fsp3) is 0.296. The summed E-state index contributed by atoms with van der Waals surface area (Å²) in [5.74, 6) is 1.18. The van der Waals surface area contributed by atoms with E-state index in [4.69, 9.17) is 0 Å². The van der Waals surface area contributed by atoms with E-state index in [0.717, 1.165) is 35.5 Å². The van der Waals surface area contributed by atoms with Crippen molar-refractivity contribution in [1.82, 2.24) is 20.2 Å². The number of anilines is 2. The SMILES string of the molecule is C=C/C(=C\C(C)=C1\C(=C)NC(C)(c2cccc(C)c2)N1C)Nc1cc(NC(=O)C2CC2)ncn1. The van der Waals surface area contributed by atoms with Crippen LogP contribution in [-0.4, -0.2) is 27.8 Å². The molecule has 0 spiro atoms. The predicted octanol–water partition coefficient (Wildman–Crippen LogP) is 4.81. The quantitative estimate of drug-likeness (QED) is 0.519. The number of benzene rings is 1. The van der Waals surface area contributed by atoms with Crippen LogP contribution >= 0.6 is 0 Å². The number of aryl methyl sites for hydroxylation is 1. The summed E-state index contributed by atoms with van der Waals surface area (Å²) in [4.78, 5) is 22.7. The summed E-state index contributed by atoms with van der Waals surface area (Å²) < 4.78 is 0. The van der Waals surface area contributed by atoms with Gasteiger partial charge in [-0.2, -0.15) is 0 Å². The first-order chi connectivity index (χ1) is 16.2. The molecule has 1 aromatic heterocycles. The Hall–Kier alpha value is -3.87. The molecule has 4 rings (SSSR count). The van der Waals surface area contributed by atoms with E-state index in [9.17, 15) is 4.79 Å². The molecule has 1 atom stereocenters. The van der Waals surface area contributed by atoms with E-state index in [1.165, 1.54) is 17.5 Å². The number of hydrogen-bond acceptors (Lipinski definition) is 6. The topological polar surface area (TPSA) is 82.2 Å². The molecule has 0 radical (unpaired) electrons. The number of allylic oxidation sites excluding steroid dienone is 3. The number of nitrogens with zero attached hydrogens (tertiary/aromatic N) is 3. The second-order valence-corrected chi connectivity index (χ2v) is 9.12. The maximum atomic E-state index is 12.0. The van der Waals surface area contributed by atoms with Gasteiger partial charge >= 0.3 is 0 Å². The zero-order valence-corrected chi connectivity index (χ0v) is 20.3. The van der Waals surface area contributed by atoms with Gasteiger partial charge in [0.2, 0.25) is 5.91 Å². The van der Waals surface area contributed by atoms with Crippen molar-refractivity contribution < 1.29 is 4.79 Å². The summed E-state index contributed by atoms with van der Waals surface area (Å²) in [7, 11) is 2.07. The Kier molecular flexibility index (Phi) is 6.28. The van der Waals surface area contributed by atoms with Gasteiger partial charge in [0.15, 0.2) is 0 Å². The largest absolute Gasteiger partial charge is 0.358 e. The van der Waals surface area contributed by atoms with Crippen LogP contribution in [-0.2, 0) is 10.5 Å². The van der Waals surface area contributed by atoms with Gasteiger partial charge in [-0.1, -0.05) is 43.0 Å². The van der Waals surface area contributed by atoms with Gasteiger partial charge in [-0.05, 0) is 56.9 Å². The molecule has 7 heteroatoms. The predicted molar refractivity (Wildman–Crippen MR) is 137 cm³/mol. The minimum Gasteiger partial charge on any atom is -0.358 e. The van der Waals surface area contributed by atoms with Crippen molar-refractivity contribution in [3.63, 3.8) is 0 Å². The van der Waals surface area contributed by atoms with Crippen LogP contribution in [0.1, 0.15) is 37.8 Å². The highest BCUT2D eigenvalue weighted by molar-refractivity contribution is 5.93. The van der Waals surface area contributed by atoms with Crippen LogP contribution in [0, 0.1) is 12.8 Å². The zero-order chi connectivity index (χ0) is 24.5. The molecule has 1 saturated carbocycles. The zero-order valence-electron chi connectivity index (χ0n) is 20.3. The van der Waals surface area contributed by atoms with Gasteiger partial charge in [0, 0.05) is 24.7 Å². The van der Waals surface area contributed by atoms with Gasteiger partial charge in [0.25, 0.3) is 0 Å². The van der Waals surface area contributed by atoms with Crippen LogP contribution in [0.2, 0.25) is 0 Å². The molecular weight excluding hydrogens is 424 g/mol. The molecule has 2 fully saturated rings. The Morgan fingerprint density at radius 1 is 1.24 bits per heavy atom. The number of likely N-dealkylation sites (N-methyl/N-ethyl adjacent to an activating group) is 1. The molecule has 1 aliphatic carbocycles. The molecule has 2 heterocycles. The summed E-state index contributed by atoms with van der Waals surface area (Å²) >= 11 is 0. The highest BCUT2D eigenvalue weighted by atomic mass is 16.2. The minimum atomic E-state index is -0.406. The van der Waals surface area contributed by atoms with Gasteiger partial charge in [-0.15, -0.1) is 0 Å². The van der Waals surface area contributed by atoms with Crippen molar-refractivity contribution in [2.45, 2.75) is 39.3 Å². The number of amides is 1. The first kappa shape index (κ1) is 23.3. The summed E-state index contributed by atoms with van der Waals surface area (Å²) in [6, 6.07) is 10.2. The van der Waals surface area contributed by atoms with Crippen LogP contribution in [0.25, 0.3) is 0 Å². The number of carbonyl (C=O) groups is 1. The normalized spacial score (nSPS) is 21.7. The fourth-order valence-electron chi connectivity index (χ4n) is 4.24. The molecule has 1 unspecified atom stereocenters. The lowest BCUT2D eigenvalue weighted by Crippen LogP contribution is -2.43. The van der Waals surface area contributed by atoms with Crippen molar-refractivity contribution in [3.8, 4) is 0 Å². The van der Waals surface area contributed by atoms with E-state index in [0.29, 0.717) is 11.6 Å². The minimum absolute atomic E-state index is 0.0108. The third-order valence-corrected chi connectivity index (χ3v) is 6.37. The Balaban J connectivity index is 1.57. The molecule has 2 aromatic rings. The smallest absolute Gasteiger partial charge is 0.228 e. The van der Waals surface area contributed by atoms with E-state index in [1.54, 1.807) is 12.1 Å². The van der Waals surface area contributed by atoms with Gasteiger partial charge in [0.1, 0.15) is 23.6 Å². The Morgan fingerprint density at radius 3 is 2.59 bits per heavy atom. The third kappa shape index (κ3) is 4.73. The van der Waals surface area contributed by atoms with Gasteiger partial charge in [0.05, 0.1) is 11.4 Å². The highest BCUT2D eigenvalue weighted by Gasteiger charge is 2.40. The highest BCUT2D eigenvalue weighted by Crippen LogP contribution is 2.38. The van der Waals surface area contributed by atoms with Crippen LogP contribution in [0.15, 0.2) is 84.6 Å². The van der Waals surface area contributed by atoms with E-state index in [1.807, 2.05) is 13.0 Å². The second-order valence-electron chi connectivity index (χ2n) is 9.12. The standard InChI is InChI=1S/C27H32N6O/c1-7-22(30-23-15-24(29-16-28-23)31-26(34)20-11-12-20)14-18(3)25-19(4)32-27(5,33(25)6)21-10-8-9-17(2)13-21/h7-10,13-16,20,32H,1,4,11-12H2,2-3,5-6H3,(H2,28,29,30,31,34)/b22-14+,25-18-. The van der Waals surface area contributed by atoms with Gasteiger partial charge < -0.3 is 20.9 Å². The maximum absolute atomic E-state index is 12.0. The van der Waals surface area contributed by atoms with Crippen LogP contribution in [0.3, 0.4) is 0 Å². The lowest BCUT2D eigenvalue weighted by molar-refractivity contribution is -0.117. The number of nitrogens with one attached hydrogen (secondary N) is 3. The first-order valence-corrected chi connectivity index (χ1v) is 11.4. The van der Waals surface area contributed by atoms with E-state index >= 15 is 0 Å². The van der Waals surface area contributed by atoms with Crippen LogP contribution in [0.5, 0.6) is 0 Å². The molecule has 176 valence electrons. The Morgan fingerprint density at radius 2 is 1.94 bits per heavy atom. The van der Waals surface area contributed by atoms with Crippen LogP contribution in [0.4, 0.5) is 11.6 Å². The number of carbonyl (C=O) groups excluding carboxylic acids is 1. The first-order valence-electron chi connectivity index (χ1n) is 11.4. The lowest BCUT2D eigenvalue weighted by atomic mass is 9.99. The Labute approximate surface area is 201 Å². The summed E-state index contributed by atoms with van der Waals surface area (Å²) in [5, 5.41) is 9.69. The third-order valence-electron chi connectivity index (χ3n) is 6.37. The number of hydrogen-bond donors (Lipinski definition) is 3. The molecule has 0 bridgehead atoms. The van der Waals surface area contributed by atoms with Gasteiger partial charge in [-0.25, -0.2) is 9.97 Å². The molecule has 1 saturated heterocycles. The van der Waals surface area contributed by atoms with Crippen molar-refractivity contribution in [1.29, 1.82) is 0 Å². The van der Waals surface area contributed by atoms with Crippen LogP contribution < -0.4 is 16.0 Å². The second kappa shape index (κ2) is 9.17. The number of aromatic nitrogens is 2. The monoisotopic (exact) mass is 456 g/mol. The fourth-order valence-corrected chi connectivity index (χ4v) is 4.24. The summed E-state index contributed by atoms with van der Waals surface area (Å²) in [5.41, 5.74) is 5.65. The van der Waals surface area contributed by atoms with E-state index < -0.39 is 5.66 Å². The maximum Gasteiger partial charge on any atom is 0.228 e. The molecule has 3 N–H and O–H groups in total. The summed E-state index contributed by atoms with van der Waals surface area (Å²) in [6.45, 7) is 14.5. The Bertz CT molecular complexity index is 1210. The lowest BCUT2D eigenvalue weighted by Gasteiger charge is -2.34. The van der Waals surface area contributed by atoms with Crippen molar-refractivity contribution in [2.75, 3.05) is 17.7 Å². The molecule has 1 aliphatic heterocycles. The molecule has 1 amide bonds. The average Bonchev–Trinajstić information content (AvgIpc) is 3.61. The number of rotatable bonds is 7. The van der Waals surface area contributed by atoms with Crippen molar-refractivity contribution >= 4 is 17.5 Å². The molecule has 7 nitrogen and oxygen atoms in total. The average molecular weight is 457 g/mol. The summed E-state index contributed by atoms with van der Waals surface area (Å²) in [6.07, 6.45) is 7.06. The van der Waals surface area contributed by atoms with Crippen molar-refractivity contribution in [3.05, 3.63) is 95.8 Å².